The Morgan fingerprint density at radius 2 is 1.80 bits per heavy atom. The first-order chi connectivity index (χ1) is 9.19. The monoisotopic (exact) mass is 282 g/mol. The summed E-state index contributed by atoms with van der Waals surface area (Å²) < 4.78 is 6.22. The van der Waals surface area contributed by atoms with E-state index in [-0.39, 0.29) is 17.1 Å². The Balaban J connectivity index is 2.10. The highest BCUT2D eigenvalue weighted by molar-refractivity contribution is 5.04. The van der Waals surface area contributed by atoms with Crippen LogP contribution in [0.2, 0.25) is 0 Å². The van der Waals surface area contributed by atoms with Crippen molar-refractivity contribution in [2.45, 2.75) is 103 Å². The highest BCUT2D eigenvalue weighted by Crippen LogP contribution is 2.51. The van der Waals surface area contributed by atoms with E-state index in [4.69, 9.17) is 4.74 Å². The number of hydrogen-bond acceptors (Lipinski definition) is 2. The van der Waals surface area contributed by atoms with Crippen molar-refractivity contribution in [1.29, 1.82) is 0 Å². The number of rotatable bonds is 3. The summed E-state index contributed by atoms with van der Waals surface area (Å²) in [5, 5.41) is 11.3. The third-order valence-electron chi connectivity index (χ3n) is 5.63. The summed E-state index contributed by atoms with van der Waals surface area (Å²) in [6.07, 6.45) is 9.17. The van der Waals surface area contributed by atoms with Gasteiger partial charge in [-0.05, 0) is 59.3 Å². The molecule has 0 aromatic carbocycles. The zero-order valence-corrected chi connectivity index (χ0v) is 14.2. The largest absolute Gasteiger partial charge is 0.389 e. The molecule has 2 nitrogen and oxygen atoms in total. The summed E-state index contributed by atoms with van der Waals surface area (Å²) in [4.78, 5) is 0. The van der Waals surface area contributed by atoms with Crippen molar-refractivity contribution in [3.05, 3.63) is 0 Å². The molecule has 1 saturated carbocycles. The van der Waals surface area contributed by atoms with Crippen molar-refractivity contribution < 1.29 is 9.84 Å². The van der Waals surface area contributed by atoms with E-state index in [1.165, 1.54) is 32.1 Å². The van der Waals surface area contributed by atoms with E-state index >= 15 is 0 Å². The van der Waals surface area contributed by atoms with Crippen molar-refractivity contribution >= 4 is 0 Å². The molecule has 20 heavy (non-hydrogen) atoms. The Hall–Kier alpha value is -0.0800. The second-order valence-electron chi connectivity index (χ2n) is 8.41. The van der Waals surface area contributed by atoms with Crippen LogP contribution < -0.4 is 0 Å². The Bertz CT molecular complexity index is 334. The quantitative estimate of drug-likeness (QED) is 0.761. The minimum atomic E-state index is -0.514. The Labute approximate surface area is 125 Å². The molecule has 2 heteroatoms. The molecule has 0 bridgehead atoms. The lowest BCUT2D eigenvalue weighted by Gasteiger charge is -2.40. The molecule has 0 spiro atoms. The van der Waals surface area contributed by atoms with Crippen molar-refractivity contribution in [2.75, 3.05) is 0 Å². The standard InChI is InChI=1S/C18H34O2/c1-6-8-14-9-7-11-18(19,12-10-14)15-13-16(2,3)20-17(15,4)5/h14-15,19H,6-13H2,1-5H3. The minimum absolute atomic E-state index is 0.0982. The van der Waals surface area contributed by atoms with Crippen molar-refractivity contribution in [1.82, 2.24) is 0 Å². The Morgan fingerprint density at radius 1 is 1.10 bits per heavy atom. The van der Waals surface area contributed by atoms with Crippen molar-refractivity contribution in [3.8, 4) is 0 Å². The van der Waals surface area contributed by atoms with E-state index in [1.54, 1.807) is 0 Å². The van der Waals surface area contributed by atoms with Crippen LogP contribution in [0, 0.1) is 11.8 Å². The van der Waals surface area contributed by atoms with Gasteiger partial charge in [-0.3, -0.25) is 0 Å². The zero-order valence-electron chi connectivity index (χ0n) is 14.2. The lowest BCUT2D eigenvalue weighted by Crippen LogP contribution is -2.46. The van der Waals surface area contributed by atoms with E-state index in [2.05, 4.69) is 34.6 Å². The smallest absolute Gasteiger partial charge is 0.0704 e. The van der Waals surface area contributed by atoms with E-state index < -0.39 is 5.60 Å². The van der Waals surface area contributed by atoms with Crippen molar-refractivity contribution in [2.24, 2.45) is 11.8 Å². The molecule has 2 fully saturated rings. The van der Waals surface area contributed by atoms with Gasteiger partial charge in [0.05, 0.1) is 16.8 Å². The van der Waals surface area contributed by atoms with Gasteiger partial charge < -0.3 is 9.84 Å². The van der Waals surface area contributed by atoms with Crippen LogP contribution in [-0.4, -0.2) is 21.9 Å². The summed E-state index contributed by atoms with van der Waals surface area (Å²) in [5.41, 5.74) is -0.818. The molecule has 0 aromatic rings. The number of hydrogen-bond donors (Lipinski definition) is 1. The summed E-state index contributed by atoms with van der Waals surface area (Å²) in [6, 6.07) is 0. The second-order valence-corrected chi connectivity index (χ2v) is 8.41. The highest BCUT2D eigenvalue weighted by atomic mass is 16.5. The maximum absolute atomic E-state index is 11.3. The highest BCUT2D eigenvalue weighted by Gasteiger charge is 2.54. The number of ether oxygens (including phenoxy) is 1. The lowest BCUT2D eigenvalue weighted by atomic mass is 9.71. The fourth-order valence-electron chi connectivity index (χ4n) is 4.86. The normalized spacial score (nSPS) is 40.5. The average Bonchev–Trinajstić information content (AvgIpc) is 2.46. The summed E-state index contributed by atoms with van der Waals surface area (Å²) >= 11 is 0. The molecule has 0 amide bonds. The van der Waals surface area contributed by atoms with Gasteiger partial charge in [0.1, 0.15) is 0 Å². The van der Waals surface area contributed by atoms with Crippen LogP contribution in [0.5, 0.6) is 0 Å². The maximum Gasteiger partial charge on any atom is 0.0704 e. The molecule has 3 atom stereocenters. The van der Waals surface area contributed by atoms with Gasteiger partial charge in [-0.1, -0.05) is 32.6 Å². The molecule has 1 saturated heterocycles. The van der Waals surface area contributed by atoms with Gasteiger partial charge in [0.2, 0.25) is 0 Å². The average molecular weight is 282 g/mol. The summed E-state index contributed by atoms with van der Waals surface area (Å²) in [5.74, 6) is 1.10. The van der Waals surface area contributed by atoms with E-state index in [0.29, 0.717) is 0 Å². The fourth-order valence-corrected chi connectivity index (χ4v) is 4.86. The van der Waals surface area contributed by atoms with Gasteiger partial charge in [0.25, 0.3) is 0 Å². The molecule has 0 radical (unpaired) electrons. The topological polar surface area (TPSA) is 29.5 Å². The third-order valence-corrected chi connectivity index (χ3v) is 5.63. The zero-order chi connectivity index (χ0) is 15.0. The molecular weight excluding hydrogens is 248 g/mol. The molecule has 2 aliphatic rings. The van der Waals surface area contributed by atoms with Gasteiger partial charge in [-0.2, -0.15) is 0 Å². The predicted molar refractivity (Wildman–Crippen MR) is 83.8 cm³/mol. The summed E-state index contributed by atoms with van der Waals surface area (Å²) in [7, 11) is 0. The first kappa shape index (κ1) is 16.3. The van der Waals surface area contributed by atoms with Crippen LogP contribution >= 0.6 is 0 Å². The van der Waals surface area contributed by atoms with Crippen LogP contribution in [0.4, 0.5) is 0 Å². The fraction of sp³-hybridized carbons (Fsp3) is 1.00. The van der Waals surface area contributed by atoms with Crippen LogP contribution in [-0.2, 0) is 4.74 Å². The first-order valence-corrected chi connectivity index (χ1v) is 8.61. The summed E-state index contributed by atoms with van der Waals surface area (Å²) in [6.45, 7) is 10.9. The molecule has 1 N–H and O–H groups in total. The van der Waals surface area contributed by atoms with E-state index in [1.807, 2.05) is 0 Å². The van der Waals surface area contributed by atoms with Crippen LogP contribution in [0.15, 0.2) is 0 Å². The second kappa shape index (κ2) is 5.61. The molecule has 1 aliphatic carbocycles. The van der Waals surface area contributed by atoms with Gasteiger partial charge in [-0.15, -0.1) is 0 Å². The molecular formula is C18H34O2. The molecule has 1 heterocycles. The van der Waals surface area contributed by atoms with Crippen LogP contribution in [0.3, 0.4) is 0 Å². The van der Waals surface area contributed by atoms with Crippen LogP contribution in [0.1, 0.15) is 86.0 Å². The minimum Gasteiger partial charge on any atom is -0.389 e. The molecule has 0 aromatic heterocycles. The molecule has 118 valence electrons. The predicted octanol–water partition coefficient (Wildman–Crippen LogP) is 4.69. The van der Waals surface area contributed by atoms with Crippen molar-refractivity contribution in [3.63, 3.8) is 0 Å². The third kappa shape index (κ3) is 3.39. The maximum atomic E-state index is 11.3. The molecule has 1 aliphatic heterocycles. The number of aliphatic hydroxyl groups is 1. The van der Waals surface area contributed by atoms with Gasteiger partial charge in [-0.25, -0.2) is 0 Å². The van der Waals surface area contributed by atoms with Gasteiger partial charge >= 0.3 is 0 Å². The molecule has 3 unspecified atom stereocenters. The van der Waals surface area contributed by atoms with E-state index in [9.17, 15) is 5.11 Å². The van der Waals surface area contributed by atoms with Gasteiger partial charge in [0, 0.05) is 5.92 Å². The SMILES string of the molecule is CCCC1CCCC(O)(C2CC(C)(C)OC2(C)C)CC1. The van der Waals surface area contributed by atoms with Gasteiger partial charge in [0.15, 0.2) is 0 Å². The molecule has 2 rings (SSSR count). The van der Waals surface area contributed by atoms with E-state index in [0.717, 1.165) is 25.2 Å². The Morgan fingerprint density at radius 3 is 2.35 bits per heavy atom. The van der Waals surface area contributed by atoms with Crippen LogP contribution in [0.25, 0.3) is 0 Å². The Kier molecular flexibility index (Phi) is 4.57. The lowest BCUT2D eigenvalue weighted by molar-refractivity contribution is -0.118. The first-order valence-electron chi connectivity index (χ1n) is 8.61.